The summed E-state index contributed by atoms with van der Waals surface area (Å²) >= 11 is 10.8. The second kappa shape index (κ2) is 5.27. The molecule has 1 heterocycles. The van der Waals surface area contributed by atoms with Crippen molar-refractivity contribution in [3.63, 3.8) is 0 Å². The summed E-state index contributed by atoms with van der Waals surface area (Å²) in [7, 11) is 0. The van der Waals surface area contributed by atoms with Crippen LogP contribution in [0.5, 0.6) is 0 Å². The number of benzene rings is 1. The summed E-state index contributed by atoms with van der Waals surface area (Å²) in [4.78, 5) is 4.14. The van der Waals surface area contributed by atoms with E-state index in [1.54, 1.807) is 23.6 Å². The van der Waals surface area contributed by atoms with Gasteiger partial charge in [0.1, 0.15) is 0 Å². The van der Waals surface area contributed by atoms with E-state index in [4.69, 9.17) is 11.6 Å². The van der Waals surface area contributed by atoms with Gasteiger partial charge in [0.05, 0.1) is 16.1 Å². The Bertz CT molecular complexity index is 475. The molecular formula is C11H9BrClNOS. The largest absolute Gasteiger partial charge is 0.388 e. The SMILES string of the molecule is OC(Cc1nccs1)c1ccc(Cl)c(Br)c1. The Morgan fingerprint density at radius 1 is 1.50 bits per heavy atom. The summed E-state index contributed by atoms with van der Waals surface area (Å²) < 4.78 is 0.796. The molecule has 16 heavy (non-hydrogen) atoms. The predicted octanol–water partition coefficient (Wildman–Crippen LogP) is 3.84. The van der Waals surface area contributed by atoms with Crippen LogP contribution in [0.15, 0.2) is 34.2 Å². The fourth-order valence-electron chi connectivity index (χ4n) is 1.36. The number of hydrogen-bond acceptors (Lipinski definition) is 3. The molecular weight excluding hydrogens is 310 g/mol. The van der Waals surface area contributed by atoms with Crippen LogP contribution >= 0.6 is 38.9 Å². The molecule has 1 N–H and O–H groups in total. The Hall–Kier alpha value is -0.420. The Morgan fingerprint density at radius 3 is 2.94 bits per heavy atom. The van der Waals surface area contributed by atoms with Crippen LogP contribution in [0, 0.1) is 0 Å². The van der Waals surface area contributed by atoms with Gasteiger partial charge in [-0.15, -0.1) is 11.3 Å². The van der Waals surface area contributed by atoms with Crippen molar-refractivity contribution in [1.82, 2.24) is 4.98 Å². The summed E-state index contributed by atoms with van der Waals surface area (Å²) in [6.45, 7) is 0. The van der Waals surface area contributed by atoms with E-state index in [1.807, 2.05) is 17.5 Å². The summed E-state index contributed by atoms with van der Waals surface area (Å²) in [5.41, 5.74) is 0.839. The molecule has 0 radical (unpaired) electrons. The minimum absolute atomic E-state index is 0.533. The molecule has 5 heteroatoms. The zero-order valence-corrected chi connectivity index (χ0v) is 11.4. The monoisotopic (exact) mass is 317 g/mol. The standard InChI is InChI=1S/C11H9BrClNOS/c12-8-5-7(1-2-9(8)13)10(15)6-11-14-3-4-16-11/h1-5,10,15H,6H2. The second-order valence-electron chi connectivity index (χ2n) is 3.32. The van der Waals surface area contributed by atoms with Gasteiger partial charge < -0.3 is 5.11 Å². The highest BCUT2D eigenvalue weighted by Crippen LogP contribution is 2.27. The van der Waals surface area contributed by atoms with E-state index >= 15 is 0 Å². The van der Waals surface area contributed by atoms with Gasteiger partial charge in [-0.2, -0.15) is 0 Å². The van der Waals surface area contributed by atoms with Crippen molar-refractivity contribution in [1.29, 1.82) is 0 Å². The van der Waals surface area contributed by atoms with Crippen molar-refractivity contribution in [3.8, 4) is 0 Å². The normalized spacial score (nSPS) is 12.7. The van der Waals surface area contributed by atoms with Crippen LogP contribution in [0.25, 0.3) is 0 Å². The Labute approximate surface area is 111 Å². The van der Waals surface area contributed by atoms with Crippen molar-refractivity contribution in [2.24, 2.45) is 0 Å². The van der Waals surface area contributed by atoms with E-state index in [2.05, 4.69) is 20.9 Å². The van der Waals surface area contributed by atoms with Crippen LogP contribution in [-0.4, -0.2) is 10.1 Å². The zero-order chi connectivity index (χ0) is 11.5. The number of rotatable bonds is 3. The number of aliphatic hydroxyl groups excluding tert-OH is 1. The Morgan fingerprint density at radius 2 is 2.31 bits per heavy atom. The molecule has 0 saturated carbocycles. The molecule has 2 nitrogen and oxygen atoms in total. The van der Waals surface area contributed by atoms with Crippen molar-refractivity contribution in [2.75, 3.05) is 0 Å². The predicted molar refractivity (Wildman–Crippen MR) is 69.9 cm³/mol. The van der Waals surface area contributed by atoms with Gasteiger partial charge in [0.25, 0.3) is 0 Å². The molecule has 0 saturated heterocycles. The molecule has 0 spiro atoms. The van der Waals surface area contributed by atoms with Crippen LogP contribution in [-0.2, 0) is 6.42 Å². The van der Waals surface area contributed by atoms with Crippen LogP contribution in [0.1, 0.15) is 16.7 Å². The number of halogens is 2. The van der Waals surface area contributed by atoms with Gasteiger partial charge in [0.2, 0.25) is 0 Å². The highest BCUT2D eigenvalue weighted by molar-refractivity contribution is 9.10. The molecule has 2 rings (SSSR count). The lowest BCUT2D eigenvalue weighted by molar-refractivity contribution is 0.178. The minimum Gasteiger partial charge on any atom is -0.388 e. The first-order valence-electron chi connectivity index (χ1n) is 4.68. The second-order valence-corrected chi connectivity index (χ2v) is 5.56. The van der Waals surface area contributed by atoms with Crippen LogP contribution in [0.2, 0.25) is 5.02 Å². The van der Waals surface area contributed by atoms with Gasteiger partial charge in [-0.3, -0.25) is 0 Å². The molecule has 1 aromatic heterocycles. The van der Waals surface area contributed by atoms with E-state index in [-0.39, 0.29) is 0 Å². The first-order chi connectivity index (χ1) is 7.66. The average molecular weight is 319 g/mol. The maximum Gasteiger partial charge on any atom is 0.0954 e. The highest BCUT2D eigenvalue weighted by Gasteiger charge is 2.11. The molecule has 0 bridgehead atoms. The molecule has 1 aromatic carbocycles. The summed E-state index contributed by atoms with van der Waals surface area (Å²) in [6.07, 6.45) is 1.73. The summed E-state index contributed by atoms with van der Waals surface area (Å²) in [5, 5.41) is 13.5. The molecule has 84 valence electrons. The topological polar surface area (TPSA) is 33.1 Å². The number of aromatic nitrogens is 1. The van der Waals surface area contributed by atoms with Crippen molar-refractivity contribution in [3.05, 3.63) is 49.8 Å². The van der Waals surface area contributed by atoms with Crippen molar-refractivity contribution < 1.29 is 5.11 Å². The maximum atomic E-state index is 10.0. The molecule has 1 unspecified atom stereocenters. The number of nitrogens with zero attached hydrogens (tertiary/aromatic N) is 1. The van der Waals surface area contributed by atoms with E-state index in [0.29, 0.717) is 11.4 Å². The average Bonchev–Trinajstić information content (AvgIpc) is 2.74. The van der Waals surface area contributed by atoms with Gasteiger partial charge in [-0.1, -0.05) is 17.7 Å². The zero-order valence-electron chi connectivity index (χ0n) is 8.23. The lowest BCUT2D eigenvalue weighted by Gasteiger charge is -2.10. The van der Waals surface area contributed by atoms with Crippen LogP contribution in [0.4, 0.5) is 0 Å². The molecule has 0 fully saturated rings. The number of thiazole rings is 1. The molecule has 2 aromatic rings. The highest BCUT2D eigenvalue weighted by atomic mass is 79.9. The molecule has 0 amide bonds. The molecule has 0 aliphatic carbocycles. The molecule has 0 aliphatic rings. The summed E-state index contributed by atoms with van der Waals surface area (Å²) in [5.74, 6) is 0. The van der Waals surface area contributed by atoms with Gasteiger partial charge in [-0.05, 0) is 33.6 Å². The number of aliphatic hydroxyl groups is 1. The van der Waals surface area contributed by atoms with Crippen molar-refractivity contribution in [2.45, 2.75) is 12.5 Å². The lowest BCUT2D eigenvalue weighted by atomic mass is 10.1. The van der Waals surface area contributed by atoms with E-state index < -0.39 is 6.10 Å². The third kappa shape index (κ3) is 2.83. The van der Waals surface area contributed by atoms with Gasteiger partial charge in [0.15, 0.2) is 0 Å². The van der Waals surface area contributed by atoms with E-state index in [0.717, 1.165) is 15.0 Å². The van der Waals surface area contributed by atoms with Crippen LogP contribution < -0.4 is 0 Å². The van der Waals surface area contributed by atoms with Gasteiger partial charge >= 0.3 is 0 Å². The minimum atomic E-state index is -0.542. The fourth-order valence-corrected chi connectivity index (χ4v) is 2.53. The van der Waals surface area contributed by atoms with E-state index in [1.165, 1.54) is 0 Å². The first kappa shape index (κ1) is 12.0. The fraction of sp³-hybridized carbons (Fsp3) is 0.182. The third-order valence-corrected chi connectivity index (χ3v) is 4.20. The van der Waals surface area contributed by atoms with Crippen LogP contribution in [0.3, 0.4) is 0 Å². The Kier molecular flexibility index (Phi) is 3.97. The smallest absolute Gasteiger partial charge is 0.0954 e. The summed E-state index contributed by atoms with van der Waals surface area (Å²) in [6, 6.07) is 5.43. The maximum absolute atomic E-state index is 10.0. The third-order valence-electron chi connectivity index (χ3n) is 2.18. The quantitative estimate of drug-likeness (QED) is 0.933. The van der Waals surface area contributed by atoms with E-state index in [9.17, 15) is 5.11 Å². The lowest BCUT2D eigenvalue weighted by Crippen LogP contribution is -2.01. The van der Waals surface area contributed by atoms with Gasteiger partial charge in [0, 0.05) is 22.5 Å². The first-order valence-corrected chi connectivity index (χ1v) is 6.73. The molecule has 1 atom stereocenters. The Balaban J connectivity index is 2.14. The molecule has 0 aliphatic heterocycles. The van der Waals surface area contributed by atoms with Gasteiger partial charge in [-0.25, -0.2) is 4.98 Å². The number of hydrogen-bond donors (Lipinski definition) is 1. The van der Waals surface area contributed by atoms with Crippen molar-refractivity contribution >= 4 is 38.9 Å².